The molecule has 0 amide bonds. The first-order chi connectivity index (χ1) is 8.20. The molecule has 1 unspecified atom stereocenters. The Morgan fingerprint density at radius 3 is 2.11 bits per heavy atom. The van der Waals surface area contributed by atoms with E-state index in [1.54, 1.807) is 27.7 Å². The average molecular weight is 260 g/mol. The molecule has 0 saturated heterocycles. The van der Waals surface area contributed by atoms with Crippen molar-refractivity contribution >= 4 is 11.9 Å². The van der Waals surface area contributed by atoms with Gasteiger partial charge in [-0.2, -0.15) is 0 Å². The van der Waals surface area contributed by atoms with Crippen molar-refractivity contribution in [1.82, 2.24) is 0 Å². The van der Waals surface area contributed by atoms with Crippen molar-refractivity contribution < 1.29 is 24.2 Å². The molecule has 18 heavy (non-hydrogen) atoms. The number of aliphatic hydroxyl groups is 1. The quantitative estimate of drug-likeness (QED) is 0.703. The lowest BCUT2D eigenvalue weighted by Crippen LogP contribution is -2.31. The van der Waals surface area contributed by atoms with E-state index in [9.17, 15) is 14.7 Å². The van der Waals surface area contributed by atoms with Crippen molar-refractivity contribution in [2.75, 3.05) is 13.2 Å². The van der Waals surface area contributed by atoms with Crippen LogP contribution < -0.4 is 0 Å². The van der Waals surface area contributed by atoms with Crippen LogP contribution in [0.5, 0.6) is 0 Å². The highest BCUT2D eigenvalue weighted by atomic mass is 16.6. The van der Waals surface area contributed by atoms with Gasteiger partial charge in [0.2, 0.25) is 0 Å². The van der Waals surface area contributed by atoms with Gasteiger partial charge in [0.25, 0.3) is 0 Å². The van der Waals surface area contributed by atoms with Crippen LogP contribution in [0.15, 0.2) is 0 Å². The maximum Gasteiger partial charge on any atom is 0.311 e. The van der Waals surface area contributed by atoms with Crippen LogP contribution in [-0.2, 0) is 19.1 Å². The van der Waals surface area contributed by atoms with Crippen LogP contribution in [0.1, 0.15) is 41.0 Å². The predicted molar refractivity (Wildman–Crippen MR) is 66.8 cm³/mol. The molecule has 0 radical (unpaired) electrons. The van der Waals surface area contributed by atoms with Crippen LogP contribution in [0.4, 0.5) is 0 Å². The highest BCUT2D eigenvalue weighted by molar-refractivity contribution is 5.75. The van der Waals surface area contributed by atoms with Crippen LogP contribution in [0.3, 0.4) is 0 Å². The fraction of sp³-hybridized carbons (Fsp3) is 0.846. The summed E-state index contributed by atoms with van der Waals surface area (Å²) in [6.45, 7) is 8.55. The predicted octanol–water partition coefficient (Wildman–Crippen LogP) is 1.53. The molecule has 1 atom stereocenters. The van der Waals surface area contributed by atoms with E-state index in [2.05, 4.69) is 0 Å². The lowest BCUT2D eigenvalue weighted by molar-refractivity contribution is -0.160. The normalized spacial score (nSPS) is 13.3. The molecule has 0 rings (SSSR count). The first kappa shape index (κ1) is 16.9. The Kier molecular flexibility index (Phi) is 6.91. The van der Waals surface area contributed by atoms with Gasteiger partial charge in [0.05, 0.1) is 11.3 Å². The van der Waals surface area contributed by atoms with E-state index in [0.29, 0.717) is 6.42 Å². The van der Waals surface area contributed by atoms with E-state index < -0.39 is 11.5 Å². The molecular formula is C13H24O5. The Balaban J connectivity index is 3.94. The van der Waals surface area contributed by atoms with Crippen molar-refractivity contribution in [1.29, 1.82) is 0 Å². The Bertz CT molecular complexity index is 283. The summed E-state index contributed by atoms with van der Waals surface area (Å²) in [5.74, 6) is -0.979. The highest BCUT2D eigenvalue weighted by Crippen LogP contribution is 2.21. The number of aliphatic hydroxyl groups excluding tert-OH is 1. The minimum Gasteiger partial charge on any atom is -0.463 e. The van der Waals surface area contributed by atoms with E-state index in [0.717, 1.165) is 0 Å². The van der Waals surface area contributed by atoms with Gasteiger partial charge in [0.1, 0.15) is 19.3 Å². The summed E-state index contributed by atoms with van der Waals surface area (Å²) < 4.78 is 9.80. The summed E-state index contributed by atoms with van der Waals surface area (Å²) in [4.78, 5) is 22.8. The molecule has 0 aromatic heterocycles. The fourth-order valence-electron chi connectivity index (χ4n) is 0.905. The number of rotatable bonds is 7. The van der Waals surface area contributed by atoms with E-state index in [4.69, 9.17) is 9.47 Å². The molecule has 0 spiro atoms. The minimum atomic E-state index is -0.982. The van der Waals surface area contributed by atoms with Gasteiger partial charge in [-0.3, -0.25) is 9.59 Å². The summed E-state index contributed by atoms with van der Waals surface area (Å²) in [5.41, 5.74) is -0.561. The Hall–Kier alpha value is -1.10. The maximum atomic E-state index is 11.6. The third-order valence-corrected chi connectivity index (χ3v) is 2.73. The van der Waals surface area contributed by atoms with Gasteiger partial charge < -0.3 is 14.6 Å². The Morgan fingerprint density at radius 1 is 1.17 bits per heavy atom. The number of hydrogen-bond donors (Lipinski definition) is 1. The monoisotopic (exact) mass is 260 g/mol. The topological polar surface area (TPSA) is 72.8 Å². The fourth-order valence-corrected chi connectivity index (χ4v) is 0.905. The molecule has 0 saturated carbocycles. The van der Waals surface area contributed by atoms with Crippen molar-refractivity contribution in [3.8, 4) is 0 Å². The molecule has 0 heterocycles. The number of hydrogen-bond acceptors (Lipinski definition) is 5. The summed E-state index contributed by atoms with van der Waals surface area (Å²) in [6, 6.07) is 0. The largest absolute Gasteiger partial charge is 0.463 e. The minimum absolute atomic E-state index is 0.156. The second kappa shape index (κ2) is 7.36. The van der Waals surface area contributed by atoms with Crippen molar-refractivity contribution in [3.63, 3.8) is 0 Å². The van der Waals surface area contributed by atoms with Crippen LogP contribution in [0.25, 0.3) is 0 Å². The summed E-state index contributed by atoms with van der Waals surface area (Å²) >= 11 is 0. The molecule has 5 heteroatoms. The first-order valence-corrected chi connectivity index (χ1v) is 6.22. The van der Waals surface area contributed by atoms with Gasteiger partial charge in [0.15, 0.2) is 0 Å². The molecule has 0 aliphatic carbocycles. The Morgan fingerprint density at radius 2 is 1.67 bits per heavy atom. The van der Waals surface area contributed by atoms with Crippen LogP contribution >= 0.6 is 0 Å². The molecule has 0 aliphatic heterocycles. The second-order valence-electron chi connectivity index (χ2n) is 5.27. The SMILES string of the molecule is CCC(C)(C)C(=O)OCC(O)COC(=O)C(C)C. The van der Waals surface area contributed by atoms with Crippen LogP contribution in [0, 0.1) is 11.3 Å². The molecule has 0 aromatic rings. The summed E-state index contributed by atoms with van der Waals surface area (Å²) in [7, 11) is 0. The molecule has 1 N–H and O–H groups in total. The van der Waals surface area contributed by atoms with Crippen LogP contribution in [0.2, 0.25) is 0 Å². The number of esters is 2. The number of ether oxygens (including phenoxy) is 2. The molecule has 0 aliphatic rings. The van der Waals surface area contributed by atoms with E-state index in [1.807, 2.05) is 6.92 Å². The molecular weight excluding hydrogens is 236 g/mol. The maximum absolute atomic E-state index is 11.6. The van der Waals surface area contributed by atoms with Gasteiger partial charge in [-0.25, -0.2) is 0 Å². The van der Waals surface area contributed by atoms with Crippen molar-refractivity contribution in [2.24, 2.45) is 11.3 Å². The van der Waals surface area contributed by atoms with Crippen molar-refractivity contribution in [3.05, 3.63) is 0 Å². The molecule has 0 bridgehead atoms. The number of carbonyl (C=O) groups excluding carboxylic acids is 2. The van der Waals surface area contributed by atoms with Gasteiger partial charge in [-0.1, -0.05) is 20.8 Å². The van der Waals surface area contributed by atoms with Gasteiger partial charge >= 0.3 is 11.9 Å². The third-order valence-electron chi connectivity index (χ3n) is 2.73. The lowest BCUT2D eigenvalue weighted by atomic mass is 9.91. The molecule has 106 valence electrons. The van der Waals surface area contributed by atoms with E-state index in [-0.39, 0.29) is 31.1 Å². The van der Waals surface area contributed by atoms with Crippen molar-refractivity contribution in [2.45, 2.75) is 47.1 Å². The smallest absolute Gasteiger partial charge is 0.311 e. The standard InChI is InChI=1S/C13H24O5/c1-6-13(4,5)12(16)18-8-10(14)7-17-11(15)9(2)3/h9-10,14H,6-8H2,1-5H3. The third kappa shape index (κ3) is 6.00. The zero-order valence-corrected chi connectivity index (χ0v) is 11.9. The molecule has 5 nitrogen and oxygen atoms in total. The van der Waals surface area contributed by atoms with Gasteiger partial charge in [-0.05, 0) is 20.3 Å². The lowest BCUT2D eigenvalue weighted by Gasteiger charge is -2.21. The van der Waals surface area contributed by atoms with Crippen LogP contribution in [-0.4, -0.2) is 36.4 Å². The second-order valence-corrected chi connectivity index (χ2v) is 5.27. The average Bonchev–Trinajstić information content (AvgIpc) is 2.32. The summed E-state index contributed by atoms with van der Waals surface area (Å²) in [5, 5.41) is 9.51. The van der Waals surface area contributed by atoms with E-state index in [1.165, 1.54) is 0 Å². The number of carbonyl (C=O) groups is 2. The van der Waals surface area contributed by atoms with E-state index >= 15 is 0 Å². The Labute approximate surface area is 108 Å². The van der Waals surface area contributed by atoms with Gasteiger partial charge in [-0.15, -0.1) is 0 Å². The summed E-state index contributed by atoms with van der Waals surface area (Å²) in [6.07, 6.45) is -0.325. The first-order valence-electron chi connectivity index (χ1n) is 6.22. The zero-order valence-electron chi connectivity index (χ0n) is 11.9. The zero-order chi connectivity index (χ0) is 14.3. The molecule has 0 fully saturated rings. The highest BCUT2D eigenvalue weighted by Gasteiger charge is 2.27. The van der Waals surface area contributed by atoms with Gasteiger partial charge in [0, 0.05) is 0 Å². The molecule has 0 aromatic carbocycles.